The molecule has 0 aliphatic heterocycles. The molecule has 1 unspecified atom stereocenters. The minimum absolute atomic E-state index is 0.206. The van der Waals surface area contributed by atoms with Crippen LogP contribution in [0.5, 0.6) is 0 Å². The second kappa shape index (κ2) is 9.52. The maximum absolute atomic E-state index is 11.1. The number of aliphatic hydroxyl groups excluding tert-OH is 2. The number of fused-ring (bicyclic) bond motifs is 1. The summed E-state index contributed by atoms with van der Waals surface area (Å²) in [4.78, 5) is 0. The lowest BCUT2D eigenvalue weighted by atomic mass is 9.60. The molecule has 2 N–H and O–H groups in total. The summed E-state index contributed by atoms with van der Waals surface area (Å²) in [6, 6.07) is 0. The standard InChI is InChI=1S/C27H44O2/c1-18(2)8-6-9-20(4)24-17-25(29)26-21(10-7-15-27(24,26)5)12-13-22-16-23(28)14-11-19(22)3/h12-13,18,20,23-26,28-29H,3,6-11,14-17H2,1-2,4-5H3/b21-12+,22-13+/t20-,23+,24-,25?,26-,27-/m1/s1. The molecule has 0 radical (unpaired) electrons. The molecular formula is C27H44O2. The predicted octanol–water partition coefficient (Wildman–Crippen LogP) is 6.59. The van der Waals surface area contributed by atoms with Crippen molar-refractivity contribution in [2.24, 2.45) is 29.1 Å². The Kier molecular flexibility index (Phi) is 7.49. The Bertz CT molecular complexity index is 643. The highest BCUT2D eigenvalue weighted by Crippen LogP contribution is 2.60. The lowest BCUT2D eigenvalue weighted by molar-refractivity contribution is 0.0642. The third-order valence-electron chi connectivity index (χ3n) is 8.33. The molecular weight excluding hydrogens is 356 g/mol. The van der Waals surface area contributed by atoms with Crippen molar-refractivity contribution in [3.8, 4) is 0 Å². The number of hydrogen-bond donors (Lipinski definition) is 2. The quantitative estimate of drug-likeness (QED) is 0.528. The van der Waals surface area contributed by atoms with E-state index in [1.54, 1.807) is 0 Å². The van der Waals surface area contributed by atoms with Crippen molar-refractivity contribution in [2.45, 2.75) is 104 Å². The van der Waals surface area contributed by atoms with Crippen molar-refractivity contribution in [3.05, 3.63) is 35.5 Å². The van der Waals surface area contributed by atoms with Crippen LogP contribution in [0.4, 0.5) is 0 Å². The second-order valence-corrected chi connectivity index (χ2v) is 11.0. The summed E-state index contributed by atoms with van der Waals surface area (Å²) >= 11 is 0. The molecule has 6 atom stereocenters. The Morgan fingerprint density at radius 1 is 1.14 bits per heavy atom. The largest absolute Gasteiger partial charge is 0.393 e. The van der Waals surface area contributed by atoms with Gasteiger partial charge >= 0.3 is 0 Å². The zero-order chi connectivity index (χ0) is 21.2. The van der Waals surface area contributed by atoms with Crippen molar-refractivity contribution in [3.63, 3.8) is 0 Å². The number of rotatable bonds is 6. The lowest BCUT2D eigenvalue weighted by Crippen LogP contribution is -2.38. The normalized spacial score (nSPS) is 39.3. The van der Waals surface area contributed by atoms with Crippen molar-refractivity contribution in [1.29, 1.82) is 0 Å². The summed E-state index contributed by atoms with van der Waals surface area (Å²) in [7, 11) is 0. The fraction of sp³-hybridized carbons (Fsp3) is 0.778. The van der Waals surface area contributed by atoms with Crippen molar-refractivity contribution in [1.82, 2.24) is 0 Å². The summed E-state index contributed by atoms with van der Waals surface area (Å²) in [5.74, 6) is 2.39. The molecule has 0 aromatic carbocycles. The van der Waals surface area contributed by atoms with Crippen LogP contribution in [0, 0.1) is 29.1 Å². The smallest absolute Gasteiger partial charge is 0.0613 e. The van der Waals surface area contributed by atoms with Gasteiger partial charge in [0.25, 0.3) is 0 Å². The molecule has 3 rings (SSSR count). The summed E-state index contributed by atoms with van der Waals surface area (Å²) in [5.41, 5.74) is 4.04. The number of aliphatic hydroxyl groups is 2. The van der Waals surface area contributed by atoms with Gasteiger partial charge in [0.1, 0.15) is 0 Å². The monoisotopic (exact) mass is 400 g/mol. The third kappa shape index (κ3) is 5.07. The van der Waals surface area contributed by atoms with Crippen LogP contribution < -0.4 is 0 Å². The molecule has 3 saturated carbocycles. The average molecular weight is 401 g/mol. The van der Waals surface area contributed by atoms with Crippen LogP contribution in [0.2, 0.25) is 0 Å². The summed E-state index contributed by atoms with van der Waals surface area (Å²) < 4.78 is 0. The van der Waals surface area contributed by atoms with Crippen LogP contribution in [0.3, 0.4) is 0 Å². The molecule has 0 bridgehead atoms. The van der Waals surface area contributed by atoms with Gasteiger partial charge in [0.05, 0.1) is 12.2 Å². The Balaban J connectivity index is 1.76. The molecule has 2 nitrogen and oxygen atoms in total. The minimum Gasteiger partial charge on any atom is -0.393 e. The molecule has 0 heterocycles. The van der Waals surface area contributed by atoms with Crippen LogP contribution in [0.1, 0.15) is 91.9 Å². The third-order valence-corrected chi connectivity index (χ3v) is 8.33. The fourth-order valence-corrected chi connectivity index (χ4v) is 6.69. The molecule has 3 aliphatic rings. The van der Waals surface area contributed by atoms with E-state index in [0.717, 1.165) is 38.0 Å². The van der Waals surface area contributed by atoms with Crippen LogP contribution in [0.15, 0.2) is 35.5 Å². The molecule has 0 amide bonds. The first-order chi connectivity index (χ1) is 13.7. The fourth-order valence-electron chi connectivity index (χ4n) is 6.69. The van der Waals surface area contributed by atoms with Gasteiger partial charge in [-0.25, -0.2) is 0 Å². The van der Waals surface area contributed by atoms with Crippen LogP contribution in [-0.2, 0) is 0 Å². The van der Waals surface area contributed by atoms with Crippen LogP contribution in [-0.4, -0.2) is 22.4 Å². The second-order valence-electron chi connectivity index (χ2n) is 11.0. The summed E-state index contributed by atoms with van der Waals surface area (Å²) in [6.45, 7) is 13.7. The maximum atomic E-state index is 11.1. The van der Waals surface area contributed by atoms with Crippen LogP contribution in [0.25, 0.3) is 0 Å². The van der Waals surface area contributed by atoms with E-state index in [4.69, 9.17) is 0 Å². The predicted molar refractivity (Wildman–Crippen MR) is 123 cm³/mol. The van der Waals surface area contributed by atoms with Gasteiger partial charge in [-0.05, 0) is 73.7 Å². The van der Waals surface area contributed by atoms with Crippen molar-refractivity contribution in [2.75, 3.05) is 0 Å². The first-order valence-corrected chi connectivity index (χ1v) is 12.2. The molecule has 0 aromatic rings. The van der Waals surface area contributed by atoms with Gasteiger partial charge in [-0.3, -0.25) is 0 Å². The number of hydrogen-bond acceptors (Lipinski definition) is 2. The molecule has 0 spiro atoms. The SMILES string of the molecule is C=C1CC[C@H](O)C/C1=C\C=C1/CCC[C@@]2(C)[C@H]1C(O)C[C@@H]2[C@H](C)CCCC(C)C. The van der Waals surface area contributed by atoms with Crippen molar-refractivity contribution >= 4 is 0 Å². The van der Waals surface area contributed by atoms with Gasteiger partial charge in [0, 0.05) is 5.92 Å². The average Bonchev–Trinajstić information content (AvgIpc) is 2.93. The van der Waals surface area contributed by atoms with E-state index >= 15 is 0 Å². The first kappa shape index (κ1) is 22.8. The summed E-state index contributed by atoms with van der Waals surface area (Å²) in [6.07, 6.45) is 15.0. The van der Waals surface area contributed by atoms with Gasteiger partial charge in [-0.15, -0.1) is 0 Å². The van der Waals surface area contributed by atoms with Gasteiger partial charge < -0.3 is 10.2 Å². The van der Waals surface area contributed by atoms with E-state index in [9.17, 15) is 10.2 Å². The Hall–Kier alpha value is -0.860. The van der Waals surface area contributed by atoms with Gasteiger partial charge in [0.2, 0.25) is 0 Å². The molecule has 0 aromatic heterocycles. The zero-order valence-electron chi connectivity index (χ0n) is 19.3. The lowest BCUT2D eigenvalue weighted by Gasteiger charge is -2.44. The highest BCUT2D eigenvalue weighted by atomic mass is 16.3. The molecule has 0 saturated heterocycles. The zero-order valence-corrected chi connectivity index (χ0v) is 19.3. The Morgan fingerprint density at radius 3 is 2.62 bits per heavy atom. The molecule has 3 fully saturated rings. The van der Waals surface area contributed by atoms with E-state index in [1.807, 2.05) is 0 Å². The molecule has 29 heavy (non-hydrogen) atoms. The van der Waals surface area contributed by atoms with E-state index in [0.29, 0.717) is 17.8 Å². The Morgan fingerprint density at radius 2 is 1.90 bits per heavy atom. The van der Waals surface area contributed by atoms with E-state index in [-0.39, 0.29) is 17.6 Å². The highest BCUT2D eigenvalue weighted by Gasteiger charge is 2.54. The van der Waals surface area contributed by atoms with Gasteiger partial charge in [0.15, 0.2) is 0 Å². The topological polar surface area (TPSA) is 40.5 Å². The van der Waals surface area contributed by atoms with Crippen molar-refractivity contribution < 1.29 is 10.2 Å². The minimum atomic E-state index is -0.227. The Labute approximate surface area is 179 Å². The first-order valence-electron chi connectivity index (χ1n) is 12.2. The summed E-state index contributed by atoms with van der Waals surface area (Å²) in [5, 5.41) is 21.1. The van der Waals surface area contributed by atoms with E-state index in [2.05, 4.69) is 46.4 Å². The highest BCUT2D eigenvalue weighted by molar-refractivity contribution is 5.36. The van der Waals surface area contributed by atoms with E-state index in [1.165, 1.54) is 48.8 Å². The molecule has 3 aliphatic carbocycles. The van der Waals surface area contributed by atoms with Crippen LogP contribution >= 0.6 is 0 Å². The number of allylic oxidation sites excluding steroid dienone is 3. The maximum Gasteiger partial charge on any atom is 0.0613 e. The van der Waals surface area contributed by atoms with E-state index < -0.39 is 0 Å². The van der Waals surface area contributed by atoms with Gasteiger partial charge in [-0.2, -0.15) is 0 Å². The molecule has 164 valence electrons. The van der Waals surface area contributed by atoms with Gasteiger partial charge in [-0.1, -0.05) is 76.8 Å². The molecule has 2 heteroatoms.